The minimum atomic E-state index is -3.82. The van der Waals surface area contributed by atoms with Crippen LogP contribution in [0.2, 0.25) is 10.0 Å². The molecule has 0 saturated heterocycles. The van der Waals surface area contributed by atoms with Crippen LogP contribution in [-0.4, -0.2) is 8.42 Å². The molecule has 24 heavy (non-hydrogen) atoms. The Morgan fingerprint density at radius 2 is 1.79 bits per heavy atom. The number of aryl methyl sites for hydroxylation is 1. The van der Waals surface area contributed by atoms with Gasteiger partial charge < -0.3 is 5.73 Å². The van der Waals surface area contributed by atoms with Gasteiger partial charge in [-0.25, -0.2) is 13.1 Å². The first-order valence-corrected chi connectivity index (χ1v) is 9.47. The average molecular weight is 408 g/mol. The maximum atomic E-state index is 12.7. The van der Waals surface area contributed by atoms with Crippen LogP contribution < -0.4 is 10.5 Å². The summed E-state index contributed by atoms with van der Waals surface area (Å²) in [5.41, 5.74) is 8.53. The summed E-state index contributed by atoms with van der Waals surface area (Å²) in [6.07, 6.45) is 2.50. The van der Waals surface area contributed by atoms with E-state index in [9.17, 15) is 8.42 Å². The lowest BCUT2D eigenvalue weighted by Crippen LogP contribution is -2.31. The van der Waals surface area contributed by atoms with Gasteiger partial charge in [-0.05, 0) is 54.7 Å². The van der Waals surface area contributed by atoms with E-state index in [1.165, 1.54) is 12.1 Å². The number of hydrogen-bond donors (Lipinski definition) is 2. The molecular formula is C16H17Cl3N2O2S. The number of anilines is 1. The number of nitrogens with one attached hydrogen (secondary N) is 1. The normalized spacial score (nSPS) is 17.0. The Bertz CT molecular complexity index is 836. The SMILES string of the molecule is Cl.Nc1ccc2c(c1)CCCC2NS(=O)(=O)c1c(Cl)cccc1Cl. The van der Waals surface area contributed by atoms with Gasteiger partial charge in [0.05, 0.1) is 10.0 Å². The smallest absolute Gasteiger partial charge is 0.244 e. The van der Waals surface area contributed by atoms with Gasteiger partial charge in [0.2, 0.25) is 10.0 Å². The van der Waals surface area contributed by atoms with E-state index in [0.717, 1.165) is 30.4 Å². The summed E-state index contributed by atoms with van der Waals surface area (Å²) in [5, 5.41) is 0.219. The maximum absolute atomic E-state index is 12.7. The van der Waals surface area contributed by atoms with E-state index in [1.54, 1.807) is 12.1 Å². The fourth-order valence-corrected chi connectivity index (χ4v) is 5.34. The van der Waals surface area contributed by atoms with Gasteiger partial charge in [-0.2, -0.15) is 0 Å². The van der Waals surface area contributed by atoms with E-state index < -0.39 is 10.0 Å². The third-order valence-corrected chi connectivity index (χ3v) is 6.39. The lowest BCUT2D eigenvalue weighted by atomic mass is 9.88. The van der Waals surface area contributed by atoms with Crippen LogP contribution in [0.25, 0.3) is 0 Å². The highest BCUT2D eigenvalue weighted by molar-refractivity contribution is 7.89. The van der Waals surface area contributed by atoms with Crippen molar-refractivity contribution in [2.75, 3.05) is 5.73 Å². The Morgan fingerprint density at radius 3 is 2.46 bits per heavy atom. The molecule has 0 spiro atoms. The van der Waals surface area contributed by atoms with E-state index in [2.05, 4.69) is 4.72 Å². The van der Waals surface area contributed by atoms with Crippen molar-refractivity contribution in [1.82, 2.24) is 4.72 Å². The van der Waals surface area contributed by atoms with Crippen LogP contribution in [0, 0.1) is 0 Å². The van der Waals surface area contributed by atoms with Crippen molar-refractivity contribution in [2.45, 2.75) is 30.2 Å². The molecule has 0 fully saturated rings. The Hall–Kier alpha value is -0.980. The first-order valence-electron chi connectivity index (χ1n) is 7.23. The molecule has 0 amide bonds. The number of fused-ring (bicyclic) bond motifs is 1. The summed E-state index contributed by atoms with van der Waals surface area (Å²) < 4.78 is 28.2. The van der Waals surface area contributed by atoms with Crippen LogP contribution in [-0.2, 0) is 16.4 Å². The summed E-state index contributed by atoms with van der Waals surface area (Å²) >= 11 is 12.1. The zero-order valence-electron chi connectivity index (χ0n) is 12.6. The molecule has 1 unspecified atom stereocenters. The molecule has 3 rings (SSSR count). The van der Waals surface area contributed by atoms with Crippen LogP contribution in [0.3, 0.4) is 0 Å². The average Bonchev–Trinajstić information content (AvgIpc) is 2.46. The largest absolute Gasteiger partial charge is 0.399 e. The molecule has 2 aromatic rings. The topological polar surface area (TPSA) is 72.2 Å². The summed E-state index contributed by atoms with van der Waals surface area (Å²) in [5.74, 6) is 0. The summed E-state index contributed by atoms with van der Waals surface area (Å²) in [6, 6.07) is 9.89. The Balaban J connectivity index is 0.00000208. The molecule has 8 heteroatoms. The van der Waals surface area contributed by atoms with Crippen molar-refractivity contribution in [1.29, 1.82) is 0 Å². The van der Waals surface area contributed by atoms with Crippen molar-refractivity contribution in [3.8, 4) is 0 Å². The molecule has 1 aliphatic carbocycles. The molecular weight excluding hydrogens is 391 g/mol. The zero-order valence-corrected chi connectivity index (χ0v) is 15.8. The van der Waals surface area contributed by atoms with Crippen molar-refractivity contribution in [2.24, 2.45) is 0 Å². The third-order valence-electron chi connectivity index (χ3n) is 3.97. The Kier molecular flexibility index (Phi) is 6.04. The van der Waals surface area contributed by atoms with Gasteiger partial charge in [0.1, 0.15) is 4.90 Å². The molecule has 0 bridgehead atoms. The minimum Gasteiger partial charge on any atom is -0.399 e. The third kappa shape index (κ3) is 3.81. The van der Waals surface area contributed by atoms with Crippen LogP contribution in [0.5, 0.6) is 0 Å². The number of benzene rings is 2. The summed E-state index contributed by atoms with van der Waals surface area (Å²) in [4.78, 5) is -0.0779. The molecule has 2 aromatic carbocycles. The second-order valence-electron chi connectivity index (χ2n) is 5.58. The zero-order chi connectivity index (χ0) is 16.6. The number of nitrogens with two attached hydrogens (primary N) is 1. The van der Waals surface area contributed by atoms with Gasteiger partial charge in [-0.15, -0.1) is 12.4 Å². The lowest BCUT2D eigenvalue weighted by Gasteiger charge is -2.26. The van der Waals surface area contributed by atoms with Crippen molar-refractivity contribution < 1.29 is 8.42 Å². The molecule has 0 saturated carbocycles. The van der Waals surface area contributed by atoms with Crippen LogP contribution in [0.4, 0.5) is 5.69 Å². The van der Waals surface area contributed by atoms with E-state index in [1.807, 2.05) is 12.1 Å². The highest BCUT2D eigenvalue weighted by Gasteiger charge is 2.28. The number of rotatable bonds is 3. The number of nitrogen functional groups attached to an aromatic ring is 1. The number of hydrogen-bond acceptors (Lipinski definition) is 3. The van der Waals surface area contributed by atoms with Gasteiger partial charge in [0, 0.05) is 11.7 Å². The van der Waals surface area contributed by atoms with E-state index in [-0.39, 0.29) is 33.4 Å². The molecule has 3 N–H and O–H groups in total. The second-order valence-corrected chi connectivity index (χ2v) is 8.04. The van der Waals surface area contributed by atoms with Crippen LogP contribution in [0.1, 0.15) is 30.0 Å². The predicted molar refractivity (Wildman–Crippen MR) is 101 cm³/mol. The highest BCUT2D eigenvalue weighted by atomic mass is 35.5. The van der Waals surface area contributed by atoms with E-state index in [4.69, 9.17) is 28.9 Å². The Morgan fingerprint density at radius 1 is 1.12 bits per heavy atom. The standard InChI is InChI=1S/C16H16Cl2N2O2S.ClH/c17-13-4-2-5-14(18)16(13)23(21,22)20-15-6-1-3-10-9-11(19)7-8-12(10)15;/h2,4-5,7-9,15,20H,1,3,6,19H2;1H. The van der Waals surface area contributed by atoms with Gasteiger partial charge >= 0.3 is 0 Å². The van der Waals surface area contributed by atoms with Crippen LogP contribution >= 0.6 is 35.6 Å². The maximum Gasteiger partial charge on any atom is 0.244 e. The summed E-state index contributed by atoms with van der Waals surface area (Å²) in [7, 11) is -3.82. The molecule has 0 radical (unpaired) electrons. The molecule has 130 valence electrons. The van der Waals surface area contributed by atoms with Gasteiger partial charge in [-0.1, -0.05) is 35.3 Å². The monoisotopic (exact) mass is 406 g/mol. The Labute approximate surface area is 157 Å². The minimum absolute atomic E-state index is 0. The van der Waals surface area contributed by atoms with Gasteiger partial charge in [-0.3, -0.25) is 0 Å². The van der Waals surface area contributed by atoms with E-state index in [0.29, 0.717) is 5.69 Å². The van der Waals surface area contributed by atoms with Crippen molar-refractivity contribution >= 4 is 51.3 Å². The highest BCUT2D eigenvalue weighted by Crippen LogP contribution is 2.34. The fraction of sp³-hybridized carbons (Fsp3) is 0.250. The molecule has 1 atom stereocenters. The quantitative estimate of drug-likeness (QED) is 0.743. The lowest BCUT2D eigenvalue weighted by molar-refractivity contribution is 0.507. The van der Waals surface area contributed by atoms with Crippen molar-refractivity contribution in [3.63, 3.8) is 0 Å². The first-order chi connectivity index (χ1) is 10.9. The molecule has 4 nitrogen and oxygen atoms in total. The van der Waals surface area contributed by atoms with Crippen molar-refractivity contribution in [3.05, 3.63) is 57.6 Å². The second kappa shape index (κ2) is 7.50. The van der Waals surface area contributed by atoms with Gasteiger partial charge in [0.15, 0.2) is 0 Å². The van der Waals surface area contributed by atoms with Gasteiger partial charge in [0.25, 0.3) is 0 Å². The number of sulfonamides is 1. The molecule has 0 heterocycles. The fourth-order valence-electron chi connectivity index (χ4n) is 2.94. The number of halogens is 3. The molecule has 0 aliphatic heterocycles. The van der Waals surface area contributed by atoms with Crippen LogP contribution in [0.15, 0.2) is 41.3 Å². The first kappa shape index (κ1) is 19.3. The predicted octanol–water partition coefficient (Wildman–Crippen LogP) is 4.35. The van der Waals surface area contributed by atoms with E-state index >= 15 is 0 Å². The molecule has 1 aliphatic rings. The summed E-state index contributed by atoms with van der Waals surface area (Å²) in [6.45, 7) is 0. The molecule has 0 aromatic heterocycles.